The molecule has 1 aliphatic rings. The number of amides is 1. The molecule has 1 heterocycles. The van der Waals surface area contributed by atoms with Crippen LogP contribution in [0.25, 0.3) is 6.08 Å². The highest BCUT2D eigenvalue weighted by Crippen LogP contribution is 2.27. The molecular weight excluding hydrogens is 394 g/mol. The van der Waals surface area contributed by atoms with Crippen LogP contribution in [0.2, 0.25) is 0 Å². The predicted octanol–water partition coefficient (Wildman–Crippen LogP) is 2.95. The molecule has 1 fully saturated rings. The molecule has 26 heavy (non-hydrogen) atoms. The first-order valence-electron chi connectivity index (χ1n) is 7.31. The lowest BCUT2D eigenvalue weighted by Crippen LogP contribution is -2.17. The molecular formula is C17H13NO5S3. The Morgan fingerprint density at radius 2 is 1.85 bits per heavy atom. The minimum Gasteiger partial charge on any atom is -0.497 e. The van der Waals surface area contributed by atoms with Gasteiger partial charge in [-0.2, -0.15) is 8.42 Å². The maximum Gasteiger partial charge on any atom is 0.339 e. The van der Waals surface area contributed by atoms with Crippen LogP contribution in [0, 0.1) is 0 Å². The normalized spacial score (nSPS) is 15.8. The first-order chi connectivity index (χ1) is 12.4. The third-order valence-electron chi connectivity index (χ3n) is 3.35. The largest absolute Gasteiger partial charge is 0.497 e. The van der Waals surface area contributed by atoms with E-state index in [0.717, 1.165) is 11.8 Å². The van der Waals surface area contributed by atoms with Crippen molar-refractivity contribution < 1.29 is 22.1 Å². The van der Waals surface area contributed by atoms with Gasteiger partial charge >= 0.3 is 10.1 Å². The summed E-state index contributed by atoms with van der Waals surface area (Å²) in [4.78, 5) is 12.2. The lowest BCUT2D eigenvalue weighted by atomic mass is 10.2. The van der Waals surface area contributed by atoms with Gasteiger partial charge in [-0.05, 0) is 48.0 Å². The van der Waals surface area contributed by atoms with Gasteiger partial charge in [-0.1, -0.05) is 36.1 Å². The van der Waals surface area contributed by atoms with E-state index in [4.69, 9.17) is 21.1 Å². The Bertz CT molecular complexity index is 997. The summed E-state index contributed by atoms with van der Waals surface area (Å²) in [6.45, 7) is 0. The van der Waals surface area contributed by atoms with Crippen molar-refractivity contribution in [2.45, 2.75) is 4.90 Å². The zero-order chi connectivity index (χ0) is 18.7. The standard InChI is InChI=1S/C17H13NO5S3/c1-22-12-5-7-14(8-6-12)26(20,21)23-13-4-2-3-11(9-13)10-15-16(19)18-17(24)25-15/h2-10H,1H3,(H,18,19,24)/b15-10+. The van der Waals surface area contributed by atoms with Crippen molar-refractivity contribution in [2.24, 2.45) is 0 Å². The second-order valence-electron chi connectivity index (χ2n) is 5.14. The first-order valence-corrected chi connectivity index (χ1v) is 9.94. The van der Waals surface area contributed by atoms with Crippen LogP contribution >= 0.6 is 24.0 Å². The van der Waals surface area contributed by atoms with Crippen molar-refractivity contribution in [3.8, 4) is 11.5 Å². The SMILES string of the molecule is COc1ccc(S(=O)(=O)Oc2cccc(/C=C3/SC(=S)NC3=O)c2)cc1. The highest BCUT2D eigenvalue weighted by atomic mass is 32.2. The van der Waals surface area contributed by atoms with Gasteiger partial charge < -0.3 is 14.2 Å². The van der Waals surface area contributed by atoms with Gasteiger partial charge in [0.2, 0.25) is 0 Å². The van der Waals surface area contributed by atoms with E-state index in [0.29, 0.717) is 20.5 Å². The number of thioether (sulfide) groups is 1. The number of carbonyl (C=O) groups excluding carboxylic acids is 1. The molecule has 1 amide bonds. The fraction of sp³-hybridized carbons (Fsp3) is 0.0588. The van der Waals surface area contributed by atoms with Crippen LogP contribution in [-0.4, -0.2) is 25.8 Å². The molecule has 0 atom stereocenters. The summed E-state index contributed by atoms with van der Waals surface area (Å²) < 4.78 is 35.4. The summed E-state index contributed by atoms with van der Waals surface area (Å²) >= 11 is 6.08. The van der Waals surface area contributed by atoms with Crippen LogP contribution < -0.4 is 14.2 Å². The second kappa shape index (κ2) is 7.48. The number of methoxy groups -OCH3 is 1. The van der Waals surface area contributed by atoms with Gasteiger partial charge in [0, 0.05) is 0 Å². The molecule has 0 radical (unpaired) electrons. The van der Waals surface area contributed by atoms with Gasteiger partial charge in [0.15, 0.2) is 0 Å². The van der Waals surface area contributed by atoms with Crippen LogP contribution in [0.15, 0.2) is 58.3 Å². The summed E-state index contributed by atoms with van der Waals surface area (Å²) in [5, 5.41) is 2.52. The molecule has 0 bridgehead atoms. The Kier molecular flexibility index (Phi) is 5.30. The number of nitrogens with one attached hydrogen (secondary N) is 1. The Morgan fingerprint density at radius 1 is 1.12 bits per heavy atom. The van der Waals surface area contributed by atoms with Gasteiger partial charge in [-0.15, -0.1) is 0 Å². The number of ether oxygens (including phenoxy) is 1. The maximum atomic E-state index is 12.4. The number of hydrogen-bond donors (Lipinski definition) is 1. The van der Waals surface area contributed by atoms with Gasteiger partial charge in [0.05, 0.1) is 12.0 Å². The van der Waals surface area contributed by atoms with Gasteiger partial charge in [0.1, 0.15) is 20.7 Å². The van der Waals surface area contributed by atoms with Crippen LogP contribution in [0.3, 0.4) is 0 Å². The molecule has 0 saturated carbocycles. The number of rotatable bonds is 5. The molecule has 0 aromatic heterocycles. The molecule has 0 aliphatic carbocycles. The molecule has 0 spiro atoms. The van der Waals surface area contributed by atoms with Crippen molar-refractivity contribution in [2.75, 3.05) is 7.11 Å². The smallest absolute Gasteiger partial charge is 0.339 e. The zero-order valence-electron chi connectivity index (χ0n) is 13.5. The second-order valence-corrected chi connectivity index (χ2v) is 8.40. The average molecular weight is 407 g/mol. The van der Waals surface area contributed by atoms with Gasteiger partial charge in [-0.25, -0.2) is 0 Å². The topological polar surface area (TPSA) is 81.7 Å². The predicted molar refractivity (Wildman–Crippen MR) is 104 cm³/mol. The minimum absolute atomic E-state index is 0.0122. The van der Waals surface area contributed by atoms with Crippen LogP contribution in [0.5, 0.6) is 11.5 Å². The number of carbonyl (C=O) groups is 1. The van der Waals surface area contributed by atoms with Crippen LogP contribution in [0.1, 0.15) is 5.56 Å². The van der Waals surface area contributed by atoms with Gasteiger partial charge in [-0.3, -0.25) is 4.79 Å². The van der Waals surface area contributed by atoms with E-state index >= 15 is 0 Å². The highest BCUT2D eigenvalue weighted by Gasteiger charge is 2.22. The first kappa shape index (κ1) is 18.4. The summed E-state index contributed by atoms with van der Waals surface area (Å²) in [5.74, 6) is 0.404. The van der Waals surface area contributed by atoms with Crippen LogP contribution in [0.4, 0.5) is 0 Å². The Labute approximate surface area is 160 Å². The van der Waals surface area contributed by atoms with Crippen molar-refractivity contribution in [1.29, 1.82) is 0 Å². The zero-order valence-corrected chi connectivity index (χ0v) is 15.9. The highest BCUT2D eigenvalue weighted by molar-refractivity contribution is 8.26. The molecule has 1 aliphatic heterocycles. The summed E-state index contributed by atoms with van der Waals surface area (Å²) in [6.07, 6.45) is 1.62. The van der Waals surface area contributed by atoms with E-state index in [2.05, 4.69) is 5.32 Å². The fourth-order valence-electron chi connectivity index (χ4n) is 2.15. The van der Waals surface area contributed by atoms with Crippen molar-refractivity contribution >= 4 is 50.4 Å². The molecule has 134 valence electrons. The molecule has 1 saturated heterocycles. The molecule has 0 unspecified atom stereocenters. The average Bonchev–Trinajstić information content (AvgIpc) is 2.92. The number of hydrogen-bond acceptors (Lipinski definition) is 7. The summed E-state index contributed by atoms with van der Waals surface area (Å²) in [5.41, 5.74) is 0.620. The van der Waals surface area contributed by atoms with E-state index in [1.54, 1.807) is 18.2 Å². The van der Waals surface area contributed by atoms with E-state index in [1.807, 2.05) is 0 Å². The molecule has 6 nitrogen and oxygen atoms in total. The molecule has 9 heteroatoms. The maximum absolute atomic E-state index is 12.4. The minimum atomic E-state index is -3.98. The summed E-state index contributed by atoms with van der Waals surface area (Å²) in [6, 6.07) is 12.3. The third kappa shape index (κ3) is 4.24. The van der Waals surface area contributed by atoms with E-state index < -0.39 is 10.1 Å². The Balaban J connectivity index is 1.83. The molecule has 1 N–H and O–H groups in total. The van der Waals surface area contributed by atoms with Crippen LogP contribution in [-0.2, 0) is 14.9 Å². The summed E-state index contributed by atoms with van der Waals surface area (Å²) in [7, 11) is -2.49. The Morgan fingerprint density at radius 3 is 2.46 bits per heavy atom. The quantitative estimate of drug-likeness (QED) is 0.464. The lowest BCUT2D eigenvalue weighted by Gasteiger charge is -2.08. The van der Waals surface area contributed by atoms with E-state index in [9.17, 15) is 13.2 Å². The van der Waals surface area contributed by atoms with Crippen molar-refractivity contribution in [3.63, 3.8) is 0 Å². The molecule has 3 rings (SSSR count). The van der Waals surface area contributed by atoms with E-state index in [1.165, 1.54) is 43.5 Å². The van der Waals surface area contributed by atoms with E-state index in [-0.39, 0.29) is 16.6 Å². The number of benzene rings is 2. The lowest BCUT2D eigenvalue weighted by molar-refractivity contribution is -0.115. The van der Waals surface area contributed by atoms with Crippen molar-refractivity contribution in [3.05, 3.63) is 59.0 Å². The van der Waals surface area contributed by atoms with Gasteiger partial charge in [0.25, 0.3) is 5.91 Å². The fourth-order valence-corrected chi connectivity index (χ4v) is 4.11. The third-order valence-corrected chi connectivity index (χ3v) is 5.78. The van der Waals surface area contributed by atoms with Crippen molar-refractivity contribution in [1.82, 2.24) is 5.32 Å². The molecule has 2 aromatic carbocycles. The molecule has 2 aromatic rings. The number of thiocarbonyl (C=S) groups is 1. The monoisotopic (exact) mass is 407 g/mol. The Hall–Kier alpha value is -2.36.